The van der Waals surface area contributed by atoms with Gasteiger partial charge in [-0.25, -0.2) is 9.59 Å². The first-order chi connectivity index (χ1) is 19.5. The lowest BCUT2D eigenvalue weighted by Crippen LogP contribution is -2.28. The number of carbonyl (C=O) groups excluding carboxylic acids is 3. The first-order valence-electron chi connectivity index (χ1n) is 12.2. The summed E-state index contributed by atoms with van der Waals surface area (Å²) in [4.78, 5) is 56.4. The van der Waals surface area contributed by atoms with Crippen LogP contribution in [0.25, 0.3) is 0 Å². The molecule has 15 nitrogen and oxygen atoms in total. The molecule has 0 aromatic heterocycles. The van der Waals surface area contributed by atoms with E-state index in [0.717, 1.165) is 24.8 Å². The number of aliphatic hydroxyl groups is 1. The van der Waals surface area contributed by atoms with E-state index in [0.29, 0.717) is 0 Å². The number of hydrogen-bond acceptors (Lipinski definition) is 12. The number of ether oxygens (including phenoxy) is 5. The van der Waals surface area contributed by atoms with E-state index < -0.39 is 67.1 Å². The number of aliphatic hydroxyl groups excluding tert-OH is 1. The minimum atomic E-state index is -4.41. The molecule has 1 unspecified atom stereocenters. The van der Waals surface area contributed by atoms with Gasteiger partial charge in [0.25, 0.3) is 0 Å². The van der Waals surface area contributed by atoms with Crippen LogP contribution in [0.3, 0.4) is 0 Å². The highest BCUT2D eigenvalue weighted by Crippen LogP contribution is 2.56. The second-order valence-corrected chi connectivity index (χ2v) is 10.7. The number of nitro benzene ring substituents is 1. The van der Waals surface area contributed by atoms with Crippen molar-refractivity contribution in [3.8, 4) is 11.5 Å². The lowest BCUT2D eigenvalue weighted by molar-refractivity contribution is -0.386. The second-order valence-electron chi connectivity index (χ2n) is 8.28. The molecule has 0 spiro atoms. The van der Waals surface area contributed by atoms with E-state index in [1.165, 1.54) is 0 Å². The van der Waals surface area contributed by atoms with Crippen LogP contribution in [0.5, 0.6) is 11.5 Å². The van der Waals surface area contributed by atoms with Gasteiger partial charge in [0.15, 0.2) is 24.9 Å². The van der Waals surface area contributed by atoms with Crippen LogP contribution in [-0.2, 0) is 35.0 Å². The van der Waals surface area contributed by atoms with Gasteiger partial charge in [-0.1, -0.05) is 30.3 Å². The van der Waals surface area contributed by atoms with Gasteiger partial charge in [0, 0.05) is 24.2 Å². The van der Waals surface area contributed by atoms with Crippen molar-refractivity contribution in [1.82, 2.24) is 5.32 Å². The Kier molecular flexibility index (Phi) is 13.0. The number of nitro groups is 1. The van der Waals surface area contributed by atoms with E-state index in [1.807, 2.05) is 6.07 Å². The molecule has 0 heterocycles. The maximum absolute atomic E-state index is 12.8. The van der Waals surface area contributed by atoms with E-state index in [2.05, 4.69) is 5.32 Å². The molecule has 3 N–H and O–H groups in total. The number of hydrogen-bond donors (Lipinski definition) is 3. The summed E-state index contributed by atoms with van der Waals surface area (Å²) < 4.78 is 37.6. The second kappa shape index (κ2) is 16.2. The lowest BCUT2D eigenvalue weighted by atomic mass is 10.1. The largest absolute Gasteiger partial charge is 0.493 e. The molecule has 2 atom stereocenters. The predicted octanol–water partition coefficient (Wildman–Crippen LogP) is 3.01. The Balaban J connectivity index is 1.90. The van der Waals surface area contributed by atoms with Crippen LogP contribution >= 0.6 is 7.37 Å². The third-order valence-electron chi connectivity index (χ3n) is 5.32. The fourth-order valence-corrected chi connectivity index (χ4v) is 4.82. The fraction of sp³-hybridized carbons (Fsp3) is 0.400. The van der Waals surface area contributed by atoms with Crippen LogP contribution in [0.15, 0.2) is 42.5 Å². The Morgan fingerprint density at radius 1 is 1.10 bits per heavy atom. The highest BCUT2D eigenvalue weighted by Gasteiger charge is 2.34. The van der Waals surface area contributed by atoms with E-state index in [9.17, 15) is 39.1 Å². The van der Waals surface area contributed by atoms with Crippen LogP contribution in [0.4, 0.5) is 10.5 Å². The number of amides is 1. The smallest absolute Gasteiger partial charge is 0.410 e. The number of rotatable bonds is 16. The molecule has 0 radical (unpaired) electrons. The maximum atomic E-state index is 12.8. The molecule has 1 amide bonds. The molecule has 0 aliphatic carbocycles. The molecule has 2 rings (SSSR count). The predicted molar refractivity (Wildman–Crippen MR) is 141 cm³/mol. The lowest BCUT2D eigenvalue weighted by Gasteiger charge is -2.20. The minimum absolute atomic E-state index is 0.0209. The van der Waals surface area contributed by atoms with Gasteiger partial charge in [-0.15, -0.1) is 0 Å². The Morgan fingerprint density at radius 2 is 1.80 bits per heavy atom. The Labute approximate surface area is 234 Å². The fourth-order valence-electron chi connectivity index (χ4n) is 3.35. The number of esters is 2. The number of alkyl carbamates (subject to hydrolysis) is 1. The molecule has 0 saturated carbocycles. The van der Waals surface area contributed by atoms with E-state index in [1.54, 1.807) is 31.2 Å². The molecule has 2 aromatic carbocycles. The van der Waals surface area contributed by atoms with Gasteiger partial charge in [-0.3, -0.25) is 24.8 Å². The zero-order valence-electron chi connectivity index (χ0n) is 22.3. The monoisotopic (exact) mass is 598 g/mol. The third kappa shape index (κ3) is 10.7. The van der Waals surface area contributed by atoms with Crippen molar-refractivity contribution in [2.24, 2.45) is 0 Å². The third-order valence-corrected chi connectivity index (χ3v) is 7.34. The Hall–Kier alpha value is -4.20. The molecular weight excluding hydrogens is 567 g/mol. The summed E-state index contributed by atoms with van der Waals surface area (Å²) in [5.74, 6) is -4.34. The number of nitrogens with zero attached hydrogens (tertiary/aromatic N) is 1. The van der Waals surface area contributed by atoms with Gasteiger partial charge in [-0.05, 0) is 25.0 Å². The molecular formula is C25H31N2O13P. The van der Waals surface area contributed by atoms with E-state index in [4.69, 9.17) is 23.7 Å². The molecule has 0 fully saturated rings. The summed E-state index contributed by atoms with van der Waals surface area (Å²) in [7, 11) is -3.26. The van der Waals surface area contributed by atoms with Crippen molar-refractivity contribution in [2.75, 3.05) is 33.2 Å². The molecule has 0 bridgehead atoms. The molecule has 0 aliphatic rings. The van der Waals surface area contributed by atoms with Gasteiger partial charge in [0.05, 0.1) is 18.6 Å². The number of carbonyl (C=O) groups is 3. The molecule has 41 heavy (non-hydrogen) atoms. The Bertz CT molecular complexity index is 1260. The molecule has 0 aliphatic heterocycles. The first kappa shape index (κ1) is 33.0. The summed E-state index contributed by atoms with van der Waals surface area (Å²) in [6.45, 7) is 0.507. The van der Waals surface area contributed by atoms with Gasteiger partial charge < -0.3 is 33.7 Å². The summed E-state index contributed by atoms with van der Waals surface area (Å²) in [5.41, 5.74) is -0.272. The van der Waals surface area contributed by atoms with Crippen molar-refractivity contribution >= 4 is 31.1 Å². The van der Waals surface area contributed by atoms with Crippen LogP contribution in [-0.4, -0.2) is 66.2 Å². The highest BCUT2D eigenvalue weighted by atomic mass is 31.2. The van der Waals surface area contributed by atoms with Crippen molar-refractivity contribution in [3.63, 3.8) is 0 Å². The van der Waals surface area contributed by atoms with Crippen LogP contribution < -0.4 is 14.8 Å². The number of nitrogens with one attached hydrogen (secondary N) is 1. The molecule has 224 valence electrons. The topological polar surface area (TPSA) is 210 Å². The SMILES string of the molecule is CCOC(=O)COc1c(OC)cc([C@@H](O)P(=O)(O)CCCC(=O)OCNC(=O)OCc2ccccc2)cc1[N+](=O)[O-]. The van der Waals surface area contributed by atoms with E-state index in [-0.39, 0.29) is 37.4 Å². The summed E-state index contributed by atoms with van der Waals surface area (Å²) >= 11 is 0. The average molecular weight is 598 g/mol. The number of benzene rings is 2. The molecule has 2 aromatic rings. The zero-order chi connectivity index (χ0) is 30.4. The Morgan fingerprint density at radius 3 is 2.44 bits per heavy atom. The maximum Gasteiger partial charge on any atom is 0.410 e. The minimum Gasteiger partial charge on any atom is -0.493 e. The average Bonchev–Trinajstić information content (AvgIpc) is 2.94. The normalized spacial score (nSPS) is 12.8. The van der Waals surface area contributed by atoms with Crippen LogP contribution in [0.2, 0.25) is 0 Å². The van der Waals surface area contributed by atoms with Crippen molar-refractivity contribution in [1.29, 1.82) is 0 Å². The van der Waals surface area contributed by atoms with Crippen LogP contribution in [0.1, 0.15) is 36.7 Å². The van der Waals surface area contributed by atoms with Gasteiger partial charge in [0.1, 0.15) is 6.61 Å². The number of methoxy groups -OCH3 is 1. The summed E-state index contributed by atoms with van der Waals surface area (Å²) in [6, 6.07) is 10.8. The van der Waals surface area contributed by atoms with Crippen molar-refractivity contribution in [2.45, 2.75) is 32.2 Å². The van der Waals surface area contributed by atoms with E-state index >= 15 is 0 Å². The molecule has 0 saturated heterocycles. The van der Waals surface area contributed by atoms with Gasteiger partial charge in [0.2, 0.25) is 13.1 Å². The first-order valence-corrected chi connectivity index (χ1v) is 14.1. The summed E-state index contributed by atoms with van der Waals surface area (Å²) in [6.07, 6.45) is -1.84. The van der Waals surface area contributed by atoms with Crippen molar-refractivity contribution in [3.05, 3.63) is 63.7 Å². The standard InChI is InChI=1S/C25H31N2O13P/c1-3-37-22(29)15-38-23-19(27(32)33)12-18(13-20(23)36-2)24(30)41(34,35)11-7-10-21(28)40-16-26-25(31)39-14-17-8-5-4-6-9-17/h4-6,8-9,12-13,24,30H,3,7,10-11,14-16H2,1-2H3,(H,26,31)(H,34,35)/t24-/m0/s1. The quantitative estimate of drug-likeness (QED) is 0.0634. The van der Waals surface area contributed by atoms with Gasteiger partial charge >= 0.3 is 23.7 Å². The van der Waals surface area contributed by atoms with Gasteiger partial charge in [-0.2, -0.15) is 0 Å². The van der Waals surface area contributed by atoms with Crippen LogP contribution in [0, 0.1) is 10.1 Å². The summed E-state index contributed by atoms with van der Waals surface area (Å²) in [5, 5.41) is 24.4. The van der Waals surface area contributed by atoms with Crippen molar-refractivity contribution < 1.29 is 57.6 Å². The highest BCUT2D eigenvalue weighted by molar-refractivity contribution is 7.58. The molecule has 16 heteroatoms. The zero-order valence-corrected chi connectivity index (χ0v) is 23.2.